The Morgan fingerprint density at radius 3 is 0.920 bits per heavy atom. The van der Waals surface area contributed by atoms with Gasteiger partial charge in [-0.2, -0.15) is 0 Å². The molecular formula is C86H142BrN5O15S6. The number of hydrogen-bond acceptors (Lipinski definition) is 22. The average Bonchev–Trinajstić information content (AvgIpc) is 0.890. The van der Waals surface area contributed by atoms with Gasteiger partial charge in [0.1, 0.15) is 71.3 Å². The molecule has 0 fully saturated rings. The maximum atomic E-state index is 11.5. The summed E-state index contributed by atoms with van der Waals surface area (Å²) >= 11 is 15.3. The lowest BCUT2D eigenvalue weighted by atomic mass is 10.1. The highest BCUT2D eigenvalue weighted by atomic mass is 79.9. The fourth-order valence-corrected chi connectivity index (χ4v) is 11.0. The van der Waals surface area contributed by atoms with Crippen molar-refractivity contribution < 1.29 is 71.8 Å². The molecule has 8 N–H and O–H groups in total. The van der Waals surface area contributed by atoms with Gasteiger partial charge in [-0.3, -0.25) is 41.3 Å². The van der Waals surface area contributed by atoms with Crippen LogP contribution >= 0.6 is 39.5 Å². The van der Waals surface area contributed by atoms with Gasteiger partial charge in [0.25, 0.3) is 0 Å². The fraction of sp³-hybridized carbons (Fsp3) is 0.581. The molecule has 0 saturated heterocycles. The standard InChI is InChI=1S/C16H25NO3.C13H21NOS2.2C11H17NO.C10H14O.C8H14O3S.C7H14O2S2.C6H12BrNO2.C4H8OS/c1-6-12-8-13(7-2)10-14(9-12)19-11-17-15(18)20-16(3,4)5;1-4-11-6-12(5-2)8-13(7-11)15-9-14-10-17(3)16;2*1-3-9-5-10(4-2)7-11(6-9)13-8-12;1-3-8-5-9(4-2)7-10(11)6-8;1-6(9)12-5-7(10)11-8(2,3)4;1-7(2,3)9-6(8)5-11(4)10;1-6(2,3)10-5(9)8-4-7;1-3-6-4(2)5/h8-10H,6-7,11H2,1-5H3,(H,17,18);6-8,14H,4-5,9-10H2,1-3H3;2*5-7H,3-4,8,12H2,1-2H3;5-7,11H,3-4H2,1-2H3;5H2,1-4H3;5H2,1-4H3;4H2,1-3H3,(H,8,9);3H2,1-2H3. The third-order valence-electron chi connectivity index (χ3n) is 13.7. The lowest BCUT2D eigenvalue weighted by molar-refractivity contribution is -0.152. The lowest BCUT2D eigenvalue weighted by Gasteiger charge is -2.19. The number of aryl methyl sites for hydroxylation is 10. The Bertz CT molecular complexity index is 3370. The van der Waals surface area contributed by atoms with Gasteiger partial charge in [-0.1, -0.05) is 168 Å². The molecule has 5 rings (SSSR count). The van der Waals surface area contributed by atoms with E-state index in [-0.39, 0.29) is 72.6 Å². The molecule has 644 valence electrons. The van der Waals surface area contributed by atoms with Gasteiger partial charge >= 0.3 is 24.1 Å². The zero-order valence-corrected chi connectivity index (χ0v) is 79.7. The van der Waals surface area contributed by atoms with Gasteiger partial charge in [-0.05, 0) is 282 Å². The van der Waals surface area contributed by atoms with Crippen LogP contribution in [0.4, 0.5) is 9.59 Å². The van der Waals surface area contributed by atoms with Gasteiger partial charge in [0.05, 0.1) is 17.0 Å². The van der Waals surface area contributed by atoms with E-state index in [1.807, 2.05) is 130 Å². The first-order valence-corrected chi connectivity index (χ1v) is 47.0. The van der Waals surface area contributed by atoms with Crippen molar-refractivity contribution in [3.05, 3.63) is 147 Å². The van der Waals surface area contributed by atoms with Gasteiger partial charge in [0.15, 0.2) is 17.0 Å². The van der Waals surface area contributed by atoms with E-state index < -0.39 is 29.0 Å². The third kappa shape index (κ3) is 70.1. The Hall–Kier alpha value is -5.88. The van der Waals surface area contributed by atoms with Crippen LogP contribution in [0, 0.1) is 0 Å². The van der Waals surface area contributed by atoms with Gasteiger partial charge in [-0.15, -0.1) is 18.9 Å². The van der Waals surface area contributed by atoms with E-state index >= 15 is 0 Å². The van der Waals surface area contributed by atoms with Gasteiger partial charge in [0.2, 0.25) is 0 Å². The van der Waals surface area contributed by atoms with E-state index in [0.29, 0.717) is 23.7 Å². The molecule has 0 spiro atoms. The van der Waals surface area contributed by atoms with Crippen molar-refractivity contribution in [1.82, 2.24) is 16.0 Å². The molecule has 0 saturated carbocycles. The number of hydrogen-bond donors (Lipinski definition) is 6. The van der Waals surface area contributed by atoms with E-state index in [9.17, 15) is 33.9 Å². The van der Waals surface area contributed by atoms with Crippen LogP contribution in [0.5, 0.6) is 28.7 Å². The number of thioether (sulfide) groups is 2. The largest absolute Gasteiger partial charge is 0.508 e. The molecule has 2 atom stereocenters. The molecule has 113 heavy (non-hydrogen) atoms. The van der Waals surface area contributed by atoms with Crippen LogP contribution < -0.4 is 46.4 Å². The number of alkyl halides is 1. The lowest BCUT2D eigenvalue weighted by Crippen LogP contribution is -2.34. The maximum Gasteiger partial charge on any atom is 0.410 e. The van der Waals surface area contributed by atoms with E-state index in [1.54, 1.807) is 27.7 Å². The van der Waals surface area contributed by atoms with Crippen molar-refractivity contribution in [1.29, 1.82) is 0 Å². The second kappa shape index (κ2) is 65.2. The summed E-state index contributed by atoms with van der Waals surface area (Å²) in [6.07, 6.45) is 13.1. The summed E-state index contributed by atoms with van der Waals surface area (Å²) in [5, 5.41) is 17.6. The van der Waals surface area contributed by atoms with Crippen LogP contribution in [0.15, 0.2) is 91.0 Å². The van der Waals surface area contributed by atoms with Crippen LogP contribution in [-0.4, -0.2) is 130 Å². The van der Waals surface area contributed by atoms with Crippen LogP contribution in [0.1, 0.15) is 229 Å². The van der Waals surface area contributed by atoms with Crippen molar-refractivity contribution in [3.63, 3.8) is 0 Å². The normalized spacial score (nSPS) is 11.1. The van der Waals surface area contributed by atoms with Gasteiger partial charge in [0, 0.05) is 19.7 Å². The number of phenolic OH excluding ortho intramolecular Hbond substituents is 1. The number of carbonyl (C=O) groups is 6. The quantitative estimate of drug-likeness (QED) is 0.00677. The predicted molar refractivity (Wildman–Crippen MR) is 488 cm³/mol. The summed E-state index contributed by atoms with van der Waals surface area (Å²) < 4.78 is 41.8. The molecular weight excluding hydrogens is 1620 g/mol. The summed E-state index contributed by atoms with van der Waals surface area (Å²) in [4.78, 5) is 64.6. The summed E-state index contributed by atoms with van der Waals surface area (Å²) in [5.41, 5.74) is 22.1. The number of esters is 2. The number of phenols is 1. The summed E-state index contributed by atoms with van der Waals surface area (Å²) in [7, 11) is -0.265. The minimum Gasteiger partial charge on any atom is -0.508 e. The van der Waals surface area contributed by atoms with Crippen molar-refractivity contribution in [2.75, 3.05) is 68.0 Å². The number of carbonyl (C=O) groups excluding carboxylic acids is 6. The molecule has 0 aromatic heterocycles. The maximum absolute atomic E-state index is 11.5. The molecule has 0 heterocycles. The van der Waals surface area contributed by atoms with Crippen LogP contribution in [-0.2, 0) is 144 Å². The van der Waals surface area contributed by atoms with Crippen LogP contribution in [0.3, 0.4) is 0 Å². The Labute approximate surface area is 712 Å². The van der Waals surface area contributed by atoms with Crippen LogP contribution in [0.2, 0.25) is 0 Å². The highest BCUT2D eigenvalue weighted by molar-refractivity contribution is 9.09. The molecule has 27 heteroatoms. The third-order valence-corrected chi connectivity index (χ3v) is 17.5. The number of nitrogens with one attached hydrogen (secondary N) is 3. The SMILES string of the molecule is CC(=O)SCC(=O)OC(C)(C)C.CC(C)(C)OC(=O)NCBr.CCSC(C)=O.CCc1cc(CC)cc(OCN)c1.CCc1cc(CC)cc(OCN)c1.CCc1cc(CC)cc(OCNC(=O)OC(C)(C)C)c1.CCc1cc(CC)cc(OCNCS(C)=S)c1.CCc1cc(O)cc(CC)c1.CS(=S)CC(=O)OC(C)(C)C. The number of aromatic hydroxyl groups is 1. The predicted octanol–water partition coefficient (Wildman–Crippen LogP) is 18.6. The minimum atomic E-state index is -0.498. The molecule has 5 aromatic rings. The number of alkyl carbamates (subject to hydrolysis) is 2. The zero-order valence-electron chi connectivity index (χ0n) is 73.2. The van der Waals surface area contributed by atoms with Gasteiger partial charge < -0.3 is 48.3 Å². The zero-order chi connectivity index (χ0) is 87.5. The van der Waals surface area contributed by atoms with Crippen molar-refractivity contribution in [3.8, 4) is 28.7 Å². The molecule has 0 bridgehead atoms. The number of halogens is 1. The van der Waals surface area contributed by atoms with Crippen LogP contribution in [0.25, 0.3) is 0 Å². The van der Waals surface area contributed by atoms with Crippen molar-refractivity contribution >= 4 is 115 Å². The van der Waals surface area contributed by atoms with E-state index in [1.165, 1.54) is 74.3 Å². The van der Waals surface area contributed by atoms with E-state index in [4.69, 9.17) is 71.7 Å². The summed E-state index contributed by atoms with van der Waals surface area (Å²) in [6.45, 7) is 49.3. The topological polar surface area (TPSA) is 285 Å². The van der Waals surface area contributed by atoms with Gasteiger partial charge in [-0.25, -0.2) is 9.59 Å². The number of rotatable bonds is 28. The van der Waals surface area contributed by atoms with E-state index in [2.05, 4.69) is 144 Å². The Morgan fingerprint density at radius 1 is 0.407 bits per heavy atom. The molecule has 0 aliphatic heterocycles. The number of ether oxygens (including phenoxy) is 8. The van der Waals surface area contributed by atoms with Crippen molar-refractivity contribution in [2.45, 2.75) is 260 Å². The first-order chi connectivity index (χ1) is 52.7. The van der Waals surface area contributed by atoms with E-state index in [0.717, 1.165) is 111 Å². The smallest absolute Gasteiger partial charge is 0.410 e. The second-order valence-corrected chi connectivity index (χ2v) is 38.2. The highest BCUT2D eigenvalue weighted by Gasteiger charge is 2.19. The monoisotopic (exact) mass is 1760 g/mol. The Morgan fingerprint density at radius 2 is 0.681 bits per heavy atom. The number of benzene rings is 5. The first kappa shape index (κ1) is 113. The second-order valence-electron chi connectivity index (χ2n) is 28.7. The molecule has 0 aliphatic carbocycles. The number of nitrogens with two attached hydrogens (primary N) is 2. The van der Waals surface area contributed by atoms with Crippen molar-refractivity contribution in [2.24, 2.45) is 11.5 Å². The summed E-state index contributed by atoms with van der Waals surface area (Å²) in [5.74, 6) is 5.55. The molecule has 20 nitrogen and oxygen atoms in total. The summed E-state index contributed by atoms with van der Waals surface area (Å²) in [6, 6.07) is 31.0. The first-order valence-electron chi connectivity index (χ1n) is 38.4. The Kier molecular flexibility index (Phi) is 65.4. The number of amides is 2. The minimum absolute atomic E-state index is 0.00678. The average molecular weight is 1760 g/mol. The fourth-order valence-electron chi connectivity index (χ4n) is 8.68. The molecule has 5 aromatic carbocycles. The Balaban J connectivity index is -0.000000600. The molecule has 0 aliphatic rings. The molecule has 2 unspecified atom stereocenters. The highest BCUT2D eigenvalue weighted by Crippen LogP contribution is 2.23. The molecule has 2 amide bonds. The molecule has 0 radical (unpaired) electrons.